The Hall–Kier alpha value is -2.57. The molecule has 0 amide bonds. The molecule has 0 saturated heterocycles. The SMILES string of the molecule is COc1ccc([N+](=O)[O-])c(NCCn2cc(C)cn2)c1. The average molecular weight is 276 g/mol. The summed E-state index contributed by atoms with van der Waals surface area (Å²) in [5.74, 6) is 0.577. The van der Waals surface area contributed by atoms with E-state index in [0.717, 1.165) is 5.56 Å². The van der Waals surface area contributed by atoms with Crippen LogP contribution in [-0.4, -0.2) is 28.4 Å². The van der Waals surface area contributed by atoms with Crippen molar-refractivity contribution in [1.82, 2.24) is 9.78 Å². The van der Waals surface area contributed by atoms with Crippen molar-refractivity contribution < 1.29 is 9.66 Å². The molecule has 7 nitrogen and oxygen atoms in total. The van der Waals surface area contributed by atoms with Gasteiger partial charge in [0.2, 0.25) is 0 Å². The van der Waals surface area contributed by atoms with E-state index in [2.05, 4.69) is 10.4 Å². The lowest BCUT2D eigenvalue weighted by Crippen LogP contribution is -2.11. The molecule has 2 rings (SSSR count). The third-order valence-corrected chi connectivity index (χ3v) is 2.82. The molecule has 2 aromatic rings. The van der Waals surface area contributed by atoms with Gasteiger partial charge in [-0.3, -0.25) is 14.8 Å². The van der Waals surface area contributed by atoms with Crippen molar-refractivity contribution in [2.75, 3.05) is 19.0 Å². The first-order valence-electron chi connectivity index (χ1n) is 6.15. The van der Waals surface area contributed by atoms with Gasteiger partial charge in [0.05, 0.1) is 24.8 Å². The number of nitrogens with one attached hydrogen (secondary N) is 1. The number of nitro benzene ring substituents is 1. The van der Waals surface area contributed by atoms with Gasteiger partial charge in [0, 0.05) is 24.9 Å². The number of rotatable bonds is 6. The number of hydrogen-bond acceptors (Lipinski definition) is 5. The molecule has 0 atom stereocenters. The molecule has 0 unspecified atom stereocenters. The molecular formula is C13H16N4O3. The molecule has 0 bridgehead atoms. The second-order valence-electron chi connectivity index (χ2n) is 4.35. The number of anilines is 1. The lowest BCUT2D eigenvalue weighted by Gasteiger charge is -2.09. The van der Waals surface area contributed by atoms with Crippen molar-refractivity contribution >= 4 is 11.4 Å². The van der Waals surface area contributed by atoms with Crippen LogP contribution in [0.2, 0.25) is 0 Å². The smallest absolute Gasteiger partial charge is 0.292 e. The normalized spacial score (nSPS) is 10.3. The zero-order valence-electron chi connectivity index (χ0n) is 11.4. The summed E-state index contributed by atoms with van der Waals surface area (Å²) in [6, 6.07) is 4.62. The van der Waals surface area contributed by atoms with E-state index >= 15 is 0 Å². The Balaban J connectivity index is 2.05. The lowest BCUT2D eigenvalue weighted by molar-refractivity contribution is -0.384. The van der Waals surface area contributed by atoms with Crippen molar-refractivity contribution in [2.45, 2.75) is 13.5 Å². The van der Waals surface area contributed by atoms with Gasteiger partial charge in [0.25, 0.3) is 5.69 Å². The molecule has 7 heteroatoms. The summed E-state index contributed by atoms with van der Waals surface area (Å²) in [4.78, 5) is 10.5. The van der Waals surface area contributed by atoms with E-state index < -0.39 is 4.92 Å². The van der Waals surface area contributed by atoms with E-state index in [1.807, 2.05) is 13.1 Å². The molecule has 0 aliphatic carbocycles. The second-order valence-corrected chi connectivity index (χ2v) is 4.35. The zero-order chi connectivity index (χ0) is 14.5. The number of ether oxygens (including phenoxy) is 1. The fourth-order valence-electron chi connectivity index (χ4n) is 1.84. The number of aryl methyl sites for hydroxylation is 1. The molecule has 1 heterocycles. The predicted octanol–water partition coefficient (Wildman–Crippen LogP) is 2.22. The maximum Gasteiger partial charge on any atom is 0.292 e. The minimum Gasteiger partial charge on any atom is -0.497 e. The van der Waals surface area contributed by atoms with Gasteiger partial charge >= 0.3 is 0 Å². The largest absolute Gasteiger partial charge is 0.497 e. The average Bonchev–Trinajstić information content (AvgIpc) is 2.84. The van der Waals surface area contributed by atoms with Crippen LogP contribution < -0.4 is 10.1 Å². The molecule has 0 aliphatic rings. The topological polar surface area (TPSA) is 82.2 Å². The summed E-state index contributed by atoms with van der Waals surface area (Å²) in [7, 11) is 1.53. The number of aromatic nitrogens is 2. The fourth-order valence-corrected chi connectivity index (χ4v) is 1.84. The van der Waals surface area contributed by atoms with Gasteiger partial charge in [-0.2, -0.15) is 5.10 Å². The van der Waals surface area contributed by atoms with Gasteiger partial charge in [-0.05, 0) is 18.6 Å². The highest BCUT2D eigenvalue weighted by atomic mass is 16.6. The van der Waals surface area contributed by atoms with Gasteiger partial charge in [-0.25, -0.2) is 0 Å². The molecule has 20 heavy (non-hydrogen) atoms. The first-order chi connectivity index (χ1) is 9.60. The molecule has 0 fully saturated rings. The zero-order valence-corrected chi connectivity index (χ0v) is 11.4. The third kappa shape index (κ3) is 3.25. The number of nitrogens with zero attached hydrogens (tertiary/aromatic N) is 3. The molecular weight excluding hydrogens is 260 g/mol. The van der Waals surface area contributed by atoms with Crippen molar-refractivity contribution in [3.05, 3.63) is 46.3 Å². The first kappa shape index (κ1) is 13.9. The van der Waals surface area contributed by atoms with E-state index in [1.165, 1.54) is 13.2 Å². The summed E-state index contributed by atoms with van der Waals surface area (Å²) in [5, 5.41) is 18.2. The van der Waals surface area contributed by atoms with E-state index in [9.17, 15) is 10.1 Å². The van der Waals surface area contributed by atoms with Crippen molar-refractivity contribution in [2.24, 2.45) is 0 Å². The Labute approximate surface area is 116 Å². The maximum atomic E-state index is 11.0. The monoisotopic (exact) mass is 276 g/mol. The molecule has 0 aliphatic heterocycles. The van der Waals surface area contributed by atoms with Gasteiger partial charge in [-0.15, -0.1) is 0 Å². The van der Waals surface area contributed by atoms with Crippen LogP contribution in [0.5, 0.6) is 5.75 Å². The van der Waals surface area contributed by atoms with Crippen LogP contribution in [0.25, 0.3) is 0 Å². The summed E-state index contributed by atoms with van der Waals surface area (Å²) < 4.78 is 6.86. The molecule has 0 radical (unpaired) electrons. The second kappa shape index (κ2) is 6.05. The highest BCUT2D eigenvalue weighted by Crippen LogP contribution is 2.28. The van der Waals surface area contributed by atoms with E-state index in [0.29, 0.717) is 24.5 Å². The number of hydrogen-bond donors (Lipinski definition) is 1. The van der Waals surface area contributed by atoms with E-state index in [-0.39, 0.29) is 5.69 Å². The molecule has 106 valence electrons. The Morgan fingerprint density at radius 3 is 2.90 bits per heavy atom. The minimum absolute atomic E-state index is 0.0300. The number of benzene rings is 1. The van der Waals surface area contributed by atoms with Crippen LogP contribution in [0.15, 0.2) is 30.6 Å². The van der Waals surface area contributed by atoms with E-state index in [1.54, 1.807) is 23.0 Å². The van der Waals surface area contributed by atoms with Crippen molar-refractivity contribution in [3.63, 3.8) is 0 Å². The summed E-state index contributed by atoms with van der Waals surface area (Å²) >= 11 is 0. The van der Waals surface area contributed by atoms with Crippen molar-refractivity contribution in [3.8, 4) is 5.75 Å². The molecule has 0 saturated carbocycles. The standard InChI is InChI=1S/C13H16N4O3/c1-10-8-15-16(9-10)6-5-14-12-7-11(20-2)3-4-13(12)17(18)19/h3-4,7-9,14H,5-6H2,1-2H3. The first-order valence-corrected chi connectivity index (χ1v) is 6.15. The quantitative estimate of drug-likeness (QED) is 0.646. The summed E-state index contributed by atoms with van der Waals surface area (Å²) in [6.07, 6.45) is 3.69. The van der Waals surface area contributed by atoms with Crippen LogP contribution in [-0.2, 0) is 6.54 Å². The van der Waals surface area contributed by atoms with Gasteiger partial charge in [0.15, 0.2) is 0 Å². The van der Waals surface area contributed by atoms with E-state index in [4.69, 9.17) is 4.74 Å². The maximum absolute atomic E-state index is 11.0. The van der Waals surface area contributed by atoms with Crippen molar-refractivity contribution in [1.29, 1.82) is 0 Å². The number of methoxy groups -OCH3 is 1. The third-order valence-electron chi connectivity index (χ3n) is 2.82. The summed E-state index contributed by atoms with van der Waals surface area (Å²) in [6.45, 7) is 3.13. The Bertz CT molecular complexity index is 609. The Morgan fingerprint density at radius 2 is 2.30 bits per heavy atom. The minimum atomic E-state index is -0.417. The molecule has 0 spiro atoms. The lowest BCUT2D eigenvalue weighted by atomic mass is 10.2. The van der Waals surface area contributed by atoms with Gasteiger partial charge in [-0.1, -0.05) is 0 Å². The number of nitro groups is 1. The van der Waals surface area contributed by atoms with Gasteiger partial charge in [0.1, 0.15) is 11.4 Å². The Kier molecular flexibility index (Phi) is 4.19. The van der Waals surface area contributed by atoms with Gasteiger partial charge < -0.3 is 10.1 Å². The highest BCUT2D eigenvalue weighted by molar-refractivity contribution is 5.64. The van der Waals surface area contributed by atoms with Crippen LogP contribution in [0, 0.1) is 17.0 Å². The Morgan fingerprint density at radius 1 is 1.50 bits per heavy atom. The molecule has 1 aromatic carbocycles. The fraction of sp³-hybridized carbons (Fsp3) is 0.308. The summed E-state index contributed by atoms with van der Waals surface area (Å²) in [5.41, 5.74) is 1.55. The van der Waals surface area contributed by atoms with Crippen LogP contribution in [0.1, 0.15) is 5.56 Å². The van der Waals surface area contributed by atoms with Crippen LogP contribution in [0.3, 0.4) is 0 Å². The van der Waals surface area contributed by atoms with Crippen LogP contribution in [0.4, 0.5) is 11.4 Å². The molecule has 1 aromatic heterocycles. The predicted molar refractivity (Wildman–Crippen MR) is 75.1 cm³/mol. The molecule has 1 N–H and O–H groups in total. The van der Waals surface area contributed by atoms with Crippen LogP contribution >= 0.6 is 0 Å². The highest BCUT2D eigenvalue weighted by Gasteiger charge is 2.14.